The zero-order valence-electron chi connectivity index (χ0n) is 11.3. The van der Waals surface area contributed by atoms with Crippen LogP contribution in [0, 0.1) is 5.82 Å². The fraction of sp³-hybridized carbons (Fsp3) is 0.250. The van der Waals surface area contributed by atoms with Crippen LogP contribution in [0.3, 0.4) is 0 Å². The minimum atomic E-state index is -0.252. The van der Waals surface area contributed by atoms with Gasteiger partial charge in [0.1, 0.15) is 17.7 Å². The van der Waals surface area contributed by atoms with Crippen molar-refractivity contribution in [1.82, 2.24) is 0 Å². The van der Waals surface area contributed by atoms with E-state index < -0.39 is 0 Å². The first-order chi connectivity index (χ1) is 10.1. The molecule has 1 aliphatic heterocycles. The second-order valence-corrected chi connectivity index (χ2v) is 6.93. The topological polar surface area (TPSA) is 35.2 Å². The quantitative estimate of drug-likeness (QED) is 0.889. The maximum Gasteiger partial charge on any atom is 0.133 e. The highest BCUT2D eigenvalue weighted by Gasteiger charge is 2.26. The lowest BCUT2D eigenvalue weighted by atomic mass is 10.0. The molecule has 1 heterocycles. The summed E-state index contributed by atoms with van der Waals surface area (Å²) < 4.78 is 19.9. The van der Waals surface area contributed by atoms with Gasteiger partial charge in [0.25, 0.3) is 0 Å². The third-order valence-corrected chi connectivity index (χ3v) is 5.36. The predicted molar refractivity (Wildman–Crippen MR) is 87.4 cm³/mol. The van der Waals surface area contributed by atoms with E-state index in [9.17, 15) is 4.39 Å². The average Bonchev–Trinajstić information content (AvgIpc) is 2.49. The molecule has 0 bridgehead atoms. The van der Waals surface area contributed by atoms with E-state index in [0.29, 0.717) is 6.42 Å². The molecular formula is C16H15BrFNOS. The molecule has 0 aromatic heterocycles. The van der Waals surface area contributed by atoms with Crippen LogP contribution < -0.4 is 10.5 Å². The fourth-order valence-electron chi connectivity index (χ4n) is 2.32. The maximum atomic E-state index is 13.1. The smallest absolute Gasteiger partial charge is 0.133 e. The van der Waals surface area contributed by atoms with E-state index in [4.69, 9.17) is 10.5 Å². The van der Waals surface area contributed by atoms with Crippen molar-refractivity contribution in [3.05, 3.63) is 58.3 Å². The van der Waals surface area contributed by atoms with Crippen LogP contribution in [0.15, 0.2) is 51.8 Å². The summed E-state index contributed by atoms with van der Waals surface area (Å²) in [5, 5.41) is 0. The fourth-order valence-corrected chi connectivity index (χ4v) is 3.92. The molecule has 2 N–H and O–H groups in total. The van der Waals surface area contributed by atoms with Crippen LogP contribution in [-0.2, 0) is 6.42 Å². The molecule has 0 saturated carbocycles. The molecule has 2 aromatic carbocycles. The standard InChI is InChI=1S/C16H15BrFNOS/c17-12-8-11(18)6-5-10(12)7-13(19)15-9-21-16-4-2-1-3-14(16)20-15/h1-6,8,13,15H,7,9,19H2. The Balaban J connectivity index is 1.70. The highest BCUT2D eigenvalue weighted by molar-refractivity contribution is 9.10. The van der Waals surface area contributed by atoms with E-state index in [2.05, 4.69) is 22.0 Å². The predicted octanol–water partition coefficient (Wildman–Crippen LogP) is 4.01. The summed E-state index contributed by atoms with van der Waals surface area (Å²) in [6.45, 7) is 0. The van der Waals surface area contributed by atoms with Crippen molar-refractivity contribution in [2.75, 3.05) is 5.75 Å². The number of thioether (sulfide) groups is 1. The van der Waals surface area contributed by atoms with Gasteiger partial charge in [-0.1, -0.05) is 34.1 Å². The van der Waals surface area contributed by atoms with E-state index >= 15 is 0 Å². The molecule has 110 valence electrons. The number of fused-ring (bicyclic) bond motifs is 1. The lowest BCUT2D eigenvalue weighted by molar-refractivity contribution is 0.184. The lowest BCUT2D eigenvalue weighted by Gasteiger charge is -2.30. The van der Waals surface area contributed by atoms with Crippen LogP contribution >= 0.6 is 27.7 Å². The summed E-state index contributed by atoms with van der Waals surface area (Å²) >= 11 is 5.15. The maximum absolute atomic E-state index is 13.1. The Hall–Kier alpha value is -1.04. The summed E-state index contributed by atoms with van der Waals surface area (Å²) in [6, 6.07) is 12.5. The molecule has 0 radical (unpaired) electrons. The van der Waals surface area contributed by atoms with Crippen LogP contribution in [0.5, 0.6) is 5.75 Å². The number of nitrogens with two attached hydrogens (primary N) is 1. The Morgan fingerprint density at radius 1 is 1.33 bits per heavy atom. The Morgan fingerprint density at radius 3 is 2.95 bits per heavy atom. The van der Waals surface area contributed by atoms with E-state index in [-0.39, 0.29) is 18.0 Å². The van der Waals surface area contributed by atoms with Crippen molar-refractivity contribution < 1.29 is 9.13 Å². The van der Waals surface area contributed by atoms with Crippen LogP contribution in [0.1, 0.15) is 5.56 Å². The summed E-state index contributed by atoms with van der Waals surface area (Å²) in [4.78, 5) is 1.16. The first-order valence-electron chi connectivity index (χ1n) is 6.71. The summed E-state index contributed by atoms with van der Waals surface area (Å²) in [7, 11) is 0. The van der Waals surface area contributed by atoms with Crippen LogP contribution in [0.2, 0.25) is 0 Å². The van der Waals surface area contributed by atoms with Gasteiger partial charge >= 0.3 is 0 Å². The highest BCUT2D eigenvalue weighted by atomic mass is 79.9. The minimum Gasteiger partial charge on any atom is -0.487 e. The molecule has 5 heteroatoms. The molecule has 1 aliphatic rings. The summed E-state index contributed by atoms with van der Waals surface area (Å²) in [5.74, 6) is 1.47. The van der Waals surface area contributed by atoms with Crippen LogP contribution in [-0.4, -0.2) is 17.9 Å². The number of para-hydroxylation sites is 1. The van der Waals surface area contributed by atoms with E-state index in [1.165, 1.54) is 12.1 Å². The second kappa shape index (κ2) is 6.38. The van der Waals surface area contributed by atoms with Gasteiger partial charge in [0.2, 0.25) is 0 Å². The molecule has 0 aliphatic carbocycles. The number of ether oxygens (including phenoxy) is 1. The van der Waals surface area contributed by atoms with Gasteiger partial charge in [-0.05, 0) is 36.2 Å². The third kappa shape index (κ3) is 3.42. The van der Waals surface area contributed by atoms with Crippen LogP contribution in [0.4, 0.5) is 4.39 Å². The van der Waals surface area contributed by atoms with Crippen molar-refractivity contribution in [2.24, 2.45) is 5.73 Å². The van der Waals surface area contributed by atoms with Gasteiger partial charge in [-0.2, -0.15) is 0 Å². The first kappa shape index (κ1) is 14.9. The highest BCUT2D eigenvalue weighted by Crippen LogP contribution is 2.36. The molecule has 21 heavy (non-hydrogen) atoms. The number of rotatable bonds is 3. The van der Waals surface area contributed by atoms with E-state index in [1.54, 1.807) is 17.8 Å². The molecule has 2 unspecified atom stereocenters. The summed E-state index contributed by atoms with van der Waals surface area (Å²) in [6.07, 6.45) is 0.607. The van der Waals surface area contributed by atoms with Crippen molar-refractivity contribution in [2.45, 2.75) is 23.5 Å². The van der Waals surface area contributed by atoms with Gasteiger partial charge in [-0.3, -0.25) is 0 Å². The SMILES string of the molecule is NC(Cc1ccc(F)cc1Br)C1CSc2ccccc2O1. The van der Waals surface area contributed by atoms with Gasteiger partial charge in [-0.15, -0.1) is 11.8 Å². The second-order valence-electron chi connectivity index (χ2n) is 5.02. The lowest BCUT2D eigenvalue weighted by Crippen LogP contribution is -2.43. The number of hydrogen-bond donors (Lipinski definition) is 1. The van der Waals surface area contributed by atoms with Crippen molar-refractivity contribution in [3.63, 3.8) is 0 Å². The normalized spacial score (nSPS) is 18.7. The molecule has 0 fully saturated rings. The Kier molecular flexibility index (Phi) is 4.52. The Labute approximate surface area is 136 Å². The molecule has 0 spiro atoms. The Bertz CT molecular complexity index is 652. The number of halogens is 2. The summed E-state index contributed by atoms with van der Waals surface area (Å²) in [5.41, 5.74) is 7.29. The van der Waals surface area contributed by atoms with Gasteiger partial charge < -0.3 is 10.5 Å². The van der Waals surface area contributed by atoms with E-state index in [0.717, 1.165) is 26.4 Å². The molecular weight excluding hydrogens is 353 g/mol. The zero-order valence-corrected chi connectivity index (χ0v) is 13.7. The van der Waals surface area contributed by atoms with Crippen LogP contribution in [0.25, 0.3) is 0 Å². The molecule has 3 rings (SSSR count). The third-order valence-electron chi connectivity index (χ3n) is 3.48. The molecule has 0 amide bonds. The van der Waals surface area contributed by atoms with E-state index in [1.807, 2.05) is 18.2 Å². The minimum absolute atomic E-state index is 0.0400. The average molecular weight is 368 g/mol. The largest absolute Gasteiger partial charge is 0.487 e. The van der Waals surface area contributed by atoms with Gasteiger partial charge in [0, 0.05) is 21.2 Å². The Morgan fingerprint density at radius 2 is 2.14 bits per heavy atom. The van der Waals surface area contributed by atoms with Gasteiger partial charge in [-0.25, -0.2) is 4.39 Å². The molecule has 2 nitrogen and oxygen atoms in total. The van der Waals surface area contributed by atoms with Gasteiger partial charge in [0.05, 0.1) is 0 Å². The number of benzene rings is 2. The first-order valence-corrected chi connectivity index (χ1v) is 8.49. The van der Waals surface area contributed by atoms with Crippen molar-refractivity contribution in [1.29, 1.82) is 0 Å². The van der Waals surface area contributed by atoms with Crippen molar-refractivity contribution in [3.8, 4) is 5.75 Å². The van der Waals surface area contributed by atoms with Crippen molar-refractivity contribution >= 4 is 27.7 Å². The van der Waals surface area contributed by atoms with Gasteiger partial charge in [0.15, 0.2) is 0 Å². The monoisotopic (exact) mass is 367 g/mol. The number of hydrogen-bond acceptors (Lipinski definition) is 3. The molecule has 2 atom stereocenters. The molecule has 0 saturated heterocycles. The zero-order chi connectivity index (χ0) is 14.8. The molecule has 2 aromatic rings.